The highest BCUT2D eigenvalue weighted by atomic mass is 32.2. The summed E-state index contributed by atoms with van der Waals surface area (Å²) in [5, 5.41) is 1.81. The molecule has 2 aliphatic heterocycles. The van der Waals surface area contributed by atoms with Gasteiger partial charge >= 0.3 is 0 Å². The van der Waals surface area contributed by atoms with E-state index in [9.17, 15) is 14.4 Å². The SMILES string of the molecule is C=CCc1cc(/C=C2/SC(=O)N(CC(=O)N3CCN(c4ccccc4)CC3)C2=O)cc(OCC)c1OCc1cccc2ccccc12. The molecule has 2 heterocycles. The molecule has 0 radical (unpaired) electrons. The number of nitrogens with zero attached hydrogens (tertiary/aromatic N) is 3. The van der Waals surface area contributed by atoms with E-state index in [0.29, 0.717) is 62.9 Å². The molecular weight excluding hydrogens is 611 g/mol. The maximum absolute atomic E-state index is 13.4. The summed E-state index contributed by atoms with van der Waals surface area (Å²) < 4.78 is 12.4. The van der Waals surface area contributed by atoms with Crippen LogP contribution in [-0.4, -0.2) is 66.2 Å². The molecule has 0 saturated carbocycles. The Bertz CT molecular complexity index is 1830. The molecule has 8 nitrogen and oxygen atoms in total. The number of imide groups is 1. The van der Waals surface area contributed by atoms with Crippen LogP contribution in [0.25, 0.3) is 16.8 Å². The van der Waals surface area contributed by atoms with Crippen LogP contribution in [0.3, 0.4) is 0 Å². The second kappa shape index (κ2) is 14.6. The first kappa shape index (κ1) is 31.9. The smallest absolute Gasteiger partial charge is 0.294 e. The molecule has 9 heteroatoms. The largest absolute Gasteiger partial charge is 0.490 e. The Morgan fingerprint density at radius 1 is 0.894 bits per heavy atom. The molecule has 2 saturated heterocycles. The first-order chi connectivity index (χ1) is 22.9. The van der Waals surface area contributed by atoms with Crippen LogP contribution in [0.4, 0.5) is 10.5 Å². The number of hydrogen-bond donors (Lipinski definition) is 0. The maximum atomic E-state index is 13.4. The van der Waals surface area contributed by atoms with Gasteiger partial charge in [0.05, 0.1) is 11.5 Å². The third-order valence-corrected chi connectivity index (χ3v) is 9.20. The maximum Gasteiger partial charge on any atom is 0.294 e. The van der Waals surface area contributed by atoms with Crippen LogP contribution in [0.2, 0.25) is 0 Å². The quantitative estimate of drug-likeness (QED) is 0.129. The Labute approximate surface area is 279 Å². The Kier molecular flexibility index (Phi) is 9.92. The molecule has 2 fully saturated rings. The van der Waals surface area contributed by atoms with Crippen LogP contribution in [-0.2, 0) is 22.6 Å². The van der Waals surface area contributed by atoms with Crippen LogP contribution >= 0.6 is 11.8 Å². The van der Waals surface area contributed by atoms with Gasteiger partial charge in [-0.1, -0.05) is 66.7 Å². The minimum atomic E-state index is -0.476. The zero-order valence-electron chi connectivity index (χ0n) is 26.4. The Hall–Kier alpha value is -5.02. The van der Waals surface area contributed by atoms with E-state index in [-0.39, 0.29) is 17.4 Å². The van der Waals surface area contributed by atoms with Crippen molar-refractivity contribution >= 4 is 51.4 Å². The number of anilines is 1. The summed E-state index contributed by atoms with van der Waals surface area (Å²) in [7, 11) is 0. The van der Waals surface area contributed by atoms with Crippen molar-refractivity contribution in [1.82, 2.24) is 9.80 Å². The van der Waals surface area contributed by atoms with Gasteiger partial charge in [-0.3, -0.25) is 19.3 Å². The first-order valence-corrected chi connectivity index (χ1v) is 16.6. The summed E-state index contributed by atoms with van der Waals surface area (Å²) in [6.07, 6.45) is 3.98. The summed E-state index contributed by atoms with van der Waals surface area (Å²) >= 11 is 0.842. The number of rotatable bonds is 11. The lowest BCUT2D eigenvalue weighted by atomic mass is 10.0. The molecule has 0 bridgehead atoms. The number of thioether (sulfide) groups is 1. The number of ether oxygens (including phenoxy) is 2. The van der Waals surface area contributed by atoms with E-state index in [1.165, 1.54) is 0 Å². The van der Waals surface area contributed by atoms with E-state index < -0.39 is 11.1 Å². The molecule has 240 valence electrons. The molecule has 0 aliphatic carbocycles. The van der Waals surface area contributed by atoms with Gasteiger partial charge in [0.2, 0.25) is 5.91 Å². The van der Waals surface area contributed by atoms with E-state index in [2.05, 4.69) is 47.9 Å². The zero-order valence-corrected chi connectivity index (χ0v) is 27.2. The van der Waals surface area contributed by atoms with Gasteiger partial charge < -0.3 is 19.3 Å². The lowest BCUT2D eigenvalue weighted by Crippen LogP contribution is -2.51. The summed E-state index contributed by atoms with van der Waals surface area (Å²) in [6, 6.07) is 28.1. The van der Waals surface area contributed by atoms with Gasteiger partial charge in [0.25, 0.3) is 11.1 Å². The minimum Gasteiger partial charge on any atom is -0.490 e. The highest BCUT2D eigenvalue weighted by Gasteiger charge is 2.37. The van der Waals surface area contributed by atoms with Crippen molar-refractivity contribution in [3.8, 4) is 11.5 Å². The number of carbonyl (C=O) groups excluding carboxylic acids is 3. The van der Waals surface area contributed by atoms with Crippen molar-refractivity contribution in [3.63, 3.8) is 0 Å². The molecule has 4 aromatic rings. The summed E-state index contributed by atoms with van der Waals surface area (Å²) in [5.74, 6) is 0.446. The van der Waals surface area contributed by atoms with Crippen molar-refractivity contribution in [2.45, 2.75) is 20.0 Å². The second-order valence-electron chi connectivity index (χ2n) is 11.3. The summed E-state index contributed by atoms with van der Waals surface area (Å²) in [4.78, 5) is 44.7. The highest BCUT2D eigenvalue weighted by Crippen LogP contribution is 2.38. The Balaban J connectivity index is 1.17. The Morgan fingerprint density at radius 2 is 1.64 bits per heavy atom. The molecular formula is C38H37N3O5S. The monoisotopic (exact) mass is 647 g/mol. The average Bonchev–Trinajstić information content (AvgIpc) is 3.35. The van der Waals surface area contributed by atoms with E-state index in [0.717, 1.165) is 44.2 Å². The lowest BCUT2D eigenvalue weighted by molar-refractivity contribution is -0.136. The number of amides is 3. The predicted molar refractivity (Wildman–Crippen MR) is 188 cm³/mol. The second-order valence-corrected chi connectivity index (χ2v) is 12.3. The fraction of sp³-hybridized carbons (Fsp3) is 0.237. The molecule has 2 aliphatic rings. The topological polar surface area (TPSA) is 79.4 Å². The lowest BCUT2D eigenvalue weighted by Gasteiger charge is -2.36. The fourth-order valence-corrected chi connectivity index (χ4v) is 6.78. The van der Waals surface area contributed by atoms with Gasteiger partial charge in [0.15, 0.2) is 11.5 Å². The van der Waals surface area contributed by atoms with E-state index >= 15 is 0 Å². The number of para-hydroxylation sites is 1. The number of allylic oxidation sites excluding steroid dienone is 1. The third-order valence-electron chi connectivity index (χ3n) is 8.29. The van der Waals surface area contributed by atoms with Crippen molar-refractivity contribution in [2.24, 2.45) is 0 Å². The van der Waals surface area contributed by atoms with Crippen molar-refractivity contribution in [1.29, 1.82) is 0 Å². The van der Waals surface area contributed by atoms with Crippen molar-refractivity contribution < 1.29 is 23.9 Å². The minimum absolute atomic E-state index is 0.235. The molecule has 0 unspecified atom stereocenters. The Morgan fingerprint density at radius 3 is 2.40 bits per heavy atom. The normalized spacial score (nSPS) is 15.9. The standard InChI is InChI=1S/C38H37N3O5S/c1-3-11-29-22-27(23-33(45-4-2)36(29)46-26-30-14-10-13-28-12-8-9-17-32(28)30)24-34-37(43)41(38(44)47-34)25-35(42)40-20-18-39(19-21-40)31-15-6-5-7-16-31/h3,5-10,12-17,22-24H,1,4,11,18-21,25-26H2,2H3/b34-24+. The summed E-state index contributed by atoms with van der Waals surface area (Å²) in [5.41, 5.74) is 3.71. The molecule has 47 heavy (non-hydrogen) atoms. The molecule has 0 atom stereocenters. The fourth-order valence-electron chi connectivity index (χ4n) is 5.94. The molecule has 0 aromatic heterocycles. The number of fused-ring (bicyclic) bond motifs is 1. The van der Waals surface area contributed by atoms with E-state index in [1.807, 2.05) is 55.5 Å². The van der Waals surface area contributed by atoms with Crippen LogP contribution in [0.1, 0.15) is 23.6 Å². The first-order valence-electron chi connectivity index (χ1n) is 15.8. The summed E-state index contributed by atoms with van der Waals surface area (Å²) in [6.45, 7) is 8.74. The molecule has 6 rings (SSSR count). The van der Waals surface area contributed by atoms with Gasteiger partial charge in [-0.05, 0) is 77.3 Å². The van der Waals surface area contributed by atoms with Crippen LogP contribution < -0.4 is 14.4 Å². The van der Waals surface area contributed by atoms with Gasteiger partial charge in [-0.15, -0.1) is 6.58 Å². The van der Waals surface area contributed by atoms with Gasteiger partial charge in [-0.25, -0.2) is 0 Å². The average molecular weight is 648 g/mol. The predicted octanol–water partition coefficient (Wildman–Crippen LogP) is 6.93. The highest BCUT2D eigenvalue weighted by molar-refractivity contribution is 8.18. The van der Waals surface area contributed by atoms with Crippen LogP contribution in [0.15, 0.2) is 102 Å². The van der Waals surface area contributed by atoms with Gasteiger partial charge in [0, 0.05) is 37.4 Å². The van der Waals surface area contributed by atoms with Crippen LogP contribution in [0, 0.1) is 0 Å². The van der Waals surface area contributed by atoms with Gasteiger partial charge in [-0.2, -0.15) is 0 Å². The van der Waals surface area contributed by atoms with E-state index in [1.54, 1.807) is 17.1 Å². The number of benzene rings is 4. The van der Waals surface area contributed by atoms with Crippen molar-refractivity contribution in [3.05, 3.63) is 119 Å². The molecule has 3 amide bonds. The van der Waals surface area contributed by atoms with Crippen LogP contribution in [0.5, 0.6) is 11.5 Å². The third kappa shape index (κ3) is 7.20. The number of piperazine rings is 1. The van der Waals surface area contributed by atoms with Gasteiger partial charge in [0.1, 0.15) is 13.2 Å². The number of carbonyl (C=O) groups is 3. The number of hydrogen-bond acceptors (Lipinski definition) is 7. The van der Waals surface area contributed by atoms with Crippen molar-refractivity contribution in [2.75, 3.05) is 44.2 Å². The molecule has 4 aromatic carbocycles. The molecule has 0 N–H and O–H groups in total. The zero-order chi connectivity index (χ0) is 32.8. The molecule has 0 spiro atoms. The van der Waals surface area contributed by atoms with E-state index in [4.69, 9.17) is 9.47 Å².